The molecule has 1 aromatic heterocycles. The molecule has 1 atom stereocenters. The second-order valence-corrected chi connectivity index (χ2v) is 8.64. The highest BCUT2D eigenvalue weighted by Gasteiger charge is 2.32. The van der Waals surface area contributed by atoms with Gasteiger partial charge in [-0.1, -0.05) is 6.07 Å². The molecular formula is C14H24N2O3S2. The summed E-state index contributed by atoms with van der Waals surface area (Å²) in [4.78, 5) is 1.05. The zero-order chi connectivity index (χ0) is 15.5. The van der Waals surface area contributed by atoms with Crippen LogP contribution in [0.2, 0.25) is 0 Å². The summed E-state index contributed by atoms with van der Waals surface area (Å²) >= 11 is 1.58. The third-order valence-electron chi connectivity index (χ3n) is 3.76. The maximum Gasteiger partial charge on any atom is 0.282 e. The van der Waals surface area contributed by atoms with Gasteiger partial charge >= 0.3 is 0 Å². The van der Waals surface area contributed by atoms with Gasteiger partial charge in [-0.2, -0.15) is 17.0 Å². The average Bonchev–Trinajstić information content (AvgIpc) is 3.10. The Kier molecular flexibility index (Phi) is 5.79. The van der Waals surface area contributed by atoms with Gasteiger partial charge in [0.15, 0.2) is 0 Å². The number of hydrogen-bond acceptors (Lipinski definition) is 4. The van der Waals surface area contributed by atoms with Crippen LogP contribution in [0.4, 0.5) is 0 Å². The Balaban J connectivity index is 2.17. The summed E-state index contributed by atoms with van der Waals surface area (Å²) < 4.78 is 34.2. The molecule has 0 N–H and O–H groups in total. The Morgan fingerprint density at radius 2 is 2.24 bits per heavy atom. The molecular weight excluding hydrogens is 308 g/mol. The van der Waals surface area contributed by atoms with Crippen LogP contribution in [0.25, 0.3) is 0 Å². The molecule has 0 aromatic carbocycles. The van der Waals surface area contributed by atoms with E-state index >= 15 is 0 Å². The lowest BCUT2D eigenvalue weighted by Gasteiger charge is -2.30. The lowest BCUT2D eigenvalue weighted by atomic mass is 10.2. The van der Waals surface area contributed by atoms with Crippen molar-refractivity contribution in [1.29, 1.82) is 0 Å². The summed E-state index contributed by atoms with van der Waals surface area (Å²) in [5.41, 5.74) is 0. The number of ether oxygens (including phenoxy) is 1. The molecule has 1 saturated heterocycles. The first-order chi connectivity index (χ1) is 9.91. The molecule has 120 valence electrons. The number of rotatable bonds is 7. The number of thiophene rings is 1. The first kappa shape index (κ1) is 16.9. The highest BCUT2D eigenvalue weighted by atomic mass is 32.2. The van der Waals surface area contributed by atoms with E-state index in [4.69, 9.17) is 4.74 Å². The van der Waals surface area contributed by atoms with Crippen LogP contribution in [0.5, 0.6) is 0 Å². The maximum absolute atomic E-state index is 12.8. The van der Waals surface area contributed by atoms with Gasteiger partial charge in [0.05, 0.1) is 6.10 Å². The largest absolute Gasteiger partial charge is 0.377 e. The fraction of sp³-hybridized carbons (Fsp3) is 0.714. The molecule has 1 aliphatic rings. The molecule has 0 saturated carbocycles. The molecule has 7 heteroatoms. The summed E-state index contributed by atoms with van der Waals surface area (Å²) in [5, 5.41) is 1.97. The summed E-state index contributed by atoms with van der Waals surface area (Å²) in [6.45, 7) is 5.34. The molecule has 2 rings (SSSR count). The van der Waals surface area contributed by atoms with Crippen molar-refractivity contribution in [1.82, 2.24) is 8.61 Å². The van der Waals surface area contributed by atoms with Crippen LogP contribution in [0, 0.1) is 0 Å². The lowest BCUT2D eigenvalue weighted by Crippen LogP contribution is -2.46. The van der Waals surface area contributed by atoms with Crippen LogP contribution in [0.3, 0.4) is 0 Å². The first-order valence-electron chi connectivity index (χ1n) is 7.28. The lowest BCUT2D eigenvalue weighted by molar-refractivity contribution is 0.0910. The van der Waals surface area contributed by atoms with Gasteiger partial charge in [0, 0.05) is 37.7 Å². The molecule has 0 aliphatic carbocycles. The van der Waals surface area contributed by atoms with Crippen molar-refractivity contribution in [2.45, 2.75) is 45.4 Å². The first-order valence-corrected chi connectivity index (χ1v) is 9.56. The van der Waals surface area contributed by atoms with Crippen molar-refractivity contribution in [2.75, 3.05) is 20.2 Å². The third kappa shape index (κ3) is 4.26. The fourth-order valence-corrected chi connectivity index (χ4v) is 4.64. The molecule has 0 spiro atoms. The second-order valence-electron chi connectivity index (χ2n) is 5.62. The quantitative estimate of drug-likeness (QED) is 0.770. The van der Waals surface area contributed by atoms with Gasteiger partial charge in [-0.05, 0) is 38.1 Å². The number of hydrogen-bond donors (Lipinski definition) is 0. The average molecular weight is 332 g/mol. The zero-order valence-corrected chi connectivity index (χ0v) is 14.5. The van der Waals surface area contributed by atoms with Gasteiger partial charge in [0.25, 0.3) is 10.2 Å². The van der Waals surface area contributed by atoms with Crippen LogP contribution in [-0.4, -0.2) is 49.4 Å². The molecule has 2 heterocycles. The van der Waals surface area contributed by atoms with E-state index in [-0.39, 0.29) is 12.1 Å². The Morgan fingerprint density at radius 3 is 2.76 bits per heavy atom. The van der Waals surface area contributed by atoms with Gasteiger partial charge in [-0.15, -0.1) is 11.3 Å². The van der Waals surface area contributed by atoms with Crippen molar-refractivity contribution < 1.29 is 13.2 Å². The fourth-order valence-electron chi connectivity index (χ4n) is 2.28. The maximum atomic E-state index is 12.8. The van der Waals surface area contributed by atoms with Crippen LogP contribution >= 0.6 is 11.3 Å². The highest BCUT2D eigenvalue weighted by molar-refractivity contribution is 7.86. The monoisotopic (exact) mass is 332 g/mol. The zero-order valence-electron chi connectivity index (χ0n) is 12.9. The molecule has 1 aliphatic heterocycles. The van der Waals surface area contributed by atoms with Crippen LogP contribution in [0.15, 0.2) is 17.5 Å². The van der Waals surface area contributed by atoms with Crippen molar-refractivity contribution in [3.8, 4) is 0 Å². The minimum Gasteiger partial charge on any atom is -0.377 e. The van der Waals surface area contributed by atoms with Crippen molar-refractivity contribution >= 4 is 21.5 Å². The second kappa shape index (κ2) is 7.19. The van der Waals surface area contributed by atoms with E-state index in [0.717, 1.165) is 24.3 Å². The van der Waals surface area contributed by atoms with Crippen molar-refractivity contribution in [2.24, 2.45) is 0 Å². The van der Waals surface area contributed by atoms with Gasteiger partial charge in [0.2, 0.25) is 0 Å². The van der Waals surface area contributed by atoms with Gasteiger partial charge < -0.3 is 4.74 Å². The molecule has 0 amide bonds. The van der Waals surface area contributed by atoms with Gasteiger partial charge in [0.1, 0.15) is 0 Å². The van der Waals surface area contributed by atoms with E-state index in [1.54, 1.807) is 22.7 Å². The standard InChI is InChI=1S/C14H24N2O3S2/c1-12(2)15(3)21(17,18)16(10-13-6-4-8-19-13)11-14-7-5-9-20-14/h5,7,9,12-13H,4,6,8,10-11H2,1-3H3. The van der Waals surface area contributed by atoms with E-state index in [1.807, 2.05) is 31.4 Å². The smallest absolute Gasteiger partial charge is 0.282 e. The van der Waals surface area contributed by atoms with Gasteiger partial charge in [-0.25, -0.2) is 0 Å². The molecule has 0 bridgehead atoms. The Morgan fingerprint density at radius 1 is 1.48 bits per heavy atom. The molecule has 1 aromatic rings. The molecule has 21 heavy (non-hydrogen) atoms. The Bertz CT molecular complexity index is 522. The third-order valence-corrected chi connectivity index (χ3v) is 6.70. The molecule has 5 nitrogen and oxygen atoms in total. The van der Waals surface area contributed by atoms with Gasteiger partial charge in [-0.3, -0.25) is 0 Å². The SMILES string of the molecule is CC(C)N(C)S(=O)(=O)N(Cc1cccs1)CC1CCCO1. The Labute approximate surface area is 131 Å². The van der Waals surface area contributed by atoms with E-state index in [1.165, 1.54) is 4.31 Å². The summed E-state index contributed by atoms with van der Waals surface area (Å²) in [6.07, 6.45) is 1.96. The summed E-state index contributed by atoms with van der Waals surface area (Å²) in [6, 6.07) is 3.85. The summed E-state index contributed by atoms with van der Waals surface area (Å²) in [5.74, 6) is 0. The minimum atomic E-state index is -3.47. The number of nitrogens with zero attached hydrogens (tertiary/aromatic N) is 2. The topological polar surface area (TPSA) is 49.9 Å². The summed E-state index contributed by atoms with van der Waals surface area (Å²) in [7, 11) is -1.83. The van der Waals surface area contributed by atoms with Crippen LogP contribution < -0.4 is 0 Å². The van der Waals surface area contributed by atoms with E-state index in [2.05, 4.69) is 0 Å². The predicted octanol–water partition coefficient (Wildman–Crippen LogP) is 2.31. The Hall–Kier alpha value is -0.470. The van der Waals surface area contributed by atoms with Crippen molar-refractivity contribution in [3.63, 3.8) is 0 Å². The normalized spacial score (nSPS) is 20.0. The van der Waals surface area contributed by atoms with E-state index < -0.39 is 10.2 Å². The van der Waals surface area contributed by atoms with Crippen LogP contribution in [0.1, 0.15) is 31.6 Å². The van der Waals surface area contributed by atoms with Crippen LogP contribution in [-0.2, 0) is 21.5 Å². The minimum absolute atomic E-state index is 0.0142. The molecule has 1 fully saturated rings. The molecule has 1 unspecified atom stereocenters. The van der Waals surface area contributed by atoms with E-state index in [0.29, 0.717) is 13.1 Å². The predicted molar refractivity (Wildman–Crippen MR) is 85.5 cm³/mol. The van der Waals surface area contributed by atoms with E-state index in [9.17, 15) is 8.42 Å². The highest BCUT2D eigenvalue weighted by Crippen LogP contribution is 2.21. The molecule has 0 radical (unpaired) electrons. The van der Waals surface area contributed by atoms with Crippen molar-refractivity contribution in [3.05, 3.63) is 22.4 Å².